The topological polar surface area (TPSA) is 63.3 Å². The van der Waals surface area contributed by atoms with Crippen molar-refractivity contribution in [3.05, 3.63) is 16.1 Å². The van der Waals surface area contributed by atoms with Gasteiger partial charge in [-0.15, -0.1) is 11.3 Å². The Morgan fingerprint density at radius 2 is 2.26 bits per heavy atom. The summed E-state index contributed by atoms with van der Waals surface area (Å²) in [5, 5.41) is 4.34. The zero-order chi connectivity index (χ0) is 13.7. The van der Waals surface area contributed by atoms with Crippen LogP contribution in [0.1, 0.15) is 61.9 Å². The molecule has 19 heavy (non-hydrogen) atoms. The second-order valence-corrected chi connectivity index (χ2v) is 6.34. The first-order valence-corrected chi connectivity index (χ1v) is 8.05. The van der Waals surface area contributed by atoms with E-state index in [4.69, 9.17) is 5.73 Å². The van der Waals surface area contributed by atoms with Crippen molar-refractivity contribution < 1.29 is 0 Å². The minimum atomic E-state index is 0.137. The van der Waals surface area contributed by atoms with Gasteiger partial charge in [0.25, 0.3) is 0 Å². The molecule has 0 amide bonds. The molecule has 3 N–H and O–H groups in total. The fourth-order valence-corrected chi connectivity index (χ4v) is 3.27. The van der Waals surface area contributed by atoms with Gasteiger partial charge in [0.1, 0.15) is 5.01 Å². The molecule has 4 nitrogen and oxygen atoms in total. The summed E-state index contributed by atoms with van der Waals surface area (Å²) in [6.07, 6.45) is 9.24. The maximum absolute atomic E-state index is 6.00. The van der Waals surface area contributed by atoms with Crippen molar-refractivity contribution in [1.82, 2.24) is 10.3 Å². The lowest BCUT2D eigenvalue weighted by Crippen LogP contribution is -2.35. The lowest BCUT2D eigenvalue weighted by Gasteiger charge is -2.19. The number of hydrogen-bond acceptors (Lipinski definition) is 3. The van der Waals surface area contributed by atoms with Crippen LogP contribution in [0.15, 0.2) is 11.2 Å². The molecular formula is C14H24N4S. The Hall–Kier alpha value is -1.10. The average molecular weight is 280 g/mol. The van der Waals surface area contributed by atoms with Crippen LogP contribution in [0, 0.1) is 0 Å². The van der Waals surface area contributed by atoms with Gasteiger partial charge in [-0.3, -0.25) is 4.99 Å². The minimum absolute atomic E-state index is 0.137. The highest BCUT2D eigenvalue weighted by Gasteiger charge is 2.14. The summed E-state index contributed by atoms with van der Waals surface area (Å²) in [6.45, 7) is 4.23. The van der Waals surface area contributed by atoms with Crippen molar-refractivity contribution in [2.45, 2.75) is 64.5 Å². The van der Waals surface area contributed by atoms with Crippen molar-refractivity contribution >= 4 is 17.3 Å². The molecule has 1 aromatic heterocycles. The van der Waals surface area contributed by atoms with E-state index in [9.17, 15) is 0 Å². The molecule has 1 unspecified atom stereocenters. The van der Waals surface area contributed by atoms with Gasteiger partial charge in [-0.1, -0.05) is 26.2 Å². The Balaban J connectivity index is 1.89. The van der Waals surface area contributed by atoms with Gasteiger partial charge in [-0.2, -0.15) is 0 Å². The van der Waals surface area contributed by atoms with Crippen LogP contribution in [0.3, 0.4) is 0 Å². The van der Waals surface area contributed by atoms with Crippen molar-refractivity contribution in [3.63, 3.8) is 0 Å². The van der Waals surface area contributed by atoms with E-state index >= 15 is 0 Å². The van der Waals surface area contributed by atoms with Crippen LogP contribution in [-0.2, 0) is 6.42 Å². The molecular weight excluding hydrogens is 256 g/mol. The van der Waals surface area contributed by atoms with E-state index in [0.29, 0.717) is 12.0 Å². The number of nitrogens with one attached hydrogen (secondary N) is 1. The molecule has 2 rings (SSSR count). The number of nitrogens with zero attached hydrogens (tertiary/aromatic N) is 2. The minimum Gasteiger partial charge on any atom is -0.370 e. The first-order valence-electron chi connectivity index (χ1n) is 7.23. The number of aromatic nitrogens is 1. The summed E-state index contributed by atoms with van der Waals surface area (Å²) in [7, 11) is 0. The third-order valence-electron chi connectivity index (χ3n) is 3.55. The third kappa shape index (κ3) is 4.20. The standard InChI is InChI=1S/C14H24N4S/c1-3-12-9-16-13(19-12)10(2)17-14(15)18-11-7-5-4-6-8-11/h9-11H,3-8H2,1-2H3,(H3,15,17,18). The maximum atomic E-state index is 6.00. The number of guanidine groups is 1. The quantitative estimate of drug-likeness (QED) is 0.658. The van der Waals surface area contributed by atoms with Crippen LogP contribution < -0.4 is 11.1 Å². The largest absolute Gasteiger partial charge is 0.370 e. The molecule has 1 saturated carbocycles. The third-order valence-corrected chi connectivity index (χ3v) is 4.88. The maximum Gasteiger partial charge on any atom is 0.189 e. The highest BCUT2D eigenvalue weighted by molar-refractivity contribution is 7.11. The molecule has 0 spiro atoms. The van der Waals surface area contributed by atoms with Gasteiger partial charge in [-0.25, -0.2) is 4.98 Å². The predicted octanol–water partition coefficient (Wildman–Crippen LogP) is 3.00. The van der Waals surface area contributed by atoms with Gasteiger partial charge in [0, 0.05) is 11.1 Å². The zero-order valence-corrected chi connectivity index (χ0v) is 12.7. The summed E-state index contributed by atoms with van der Waals surface area (Å²) in [4.78, 5) is 10.3. The van der Waals surface area contributed by atoms with Crippen molar-refractivity contribution in [3.8, 4) is 0 Å². The molecule has 1 aliphatic rings. The van der Waals surface area contributed by atoms with Gasteiger partial charge < -0.3 is 11.1 Å². The van der Waals surface area contributed by atoms with Crippen LogP contribution in [-0.4, -0.2) is 17.0 Å². The SMILES string of the molecule is CCc1cnc(C(C)NC(N)=NC2CCCCC2)s1. The Morgan fingerprint density at radius 3 is 2.89 bits per heavy atom. The van der Waals surface area contributed by atoms with E-state index in [1.165, 1.54) is 37.0 Å². The predicted molar refractivity (Wildman–Crippen MR) is 81.5 cm³/mol. The van der Waals surface area contributed by atoms with E-state index in [1.807, 2.05) is 6.20 Å². The molecule has 0 radical (unpaired) electrons. The molecule has 0 bridgehead atoms. The van der Waals surface area contributed by atoms with Crippen molar-refractivity contribution in [2.75, 3.05) is 0 Å². The molecule has 5 heteroatoms. The molecule has 1 fully saturated rings. The summed E-state index contributed by atoms with van der Waals surface area (Å²) < 4.78 is 0. The number of aliphatic imine (C=N–C) groups is 1. The van der Waals surface area contributed by atoms with E-state index in [0.717, 1.165) is 11.4 Å². The van der Waals surface area contributed by atoms with E-state index in [-0.39, 0.29) is 6.04 Å². The summed E-state index contributed by atoms with van der Waals surface area (Å²) in [5.74, 6) is 0.563. The fourth-order valence-electron chi connectivity index (χ4n) is 2.41. The van der Waals surface area contributed by atoms with Crippen LogP contribution in [0.25, 0.3) is 0 Å². The molecule has 0 aliphatic heterocycles. The number of rotatable bonds is 4. The second kappa shape index (κ2) is 6.89. The molecule has 0 aromatic carbocycles. The van der Waals surface area contributed by atoms with Gasteiger partial charge in [0.2, 0.25) is 0 Å². The summed E-state index contributed by atoms with van der Waals surface area (Å²) in [5.41, 5.74) is 6.00. The molecule has 1 aromatic rings. The van der Waals surface area contributed by atoms with Crippen LogP contribution in [0.2, 0.25) is 0 Å². The van der Waals surface area contributed by atoms with Crippen LogP contribution in [0.5, 0.6) is 0 Å². The number of aryl methyl sites for hydroxylation is 1. The Morgan fingerprint density at radius 1 is 1.53 bits per heavy atom. The van der Waals surface area contributed by atoms with Gasteiger partial charge in [-0.05, 0) is 26.2 Å². The lowest BCUT2D eigenvalue weighted by molar-refractivity contribution is 0.441. The zero-order valence-electron chi connectivity index (χ0n) is 11.9. The van der Waals surface area contributed by atoms with Gasteiger partial charge >= 0.3 is 0 Å². The van der Waals surface area contributed by atoms with Crippen LogP contribution in [0.4, 0.5) is 0 Å². The Labute approximate surface area is 119 Å². The van der Waals surface area contributed by atoms with Gasteiger partial charge in [0.15, 0.2) is 5.96 Å². The summed E-state index contributed by atoms with van der Waals surface area (Å²) in [6, 6.07) is 0.550. The fraction of sp³-hybridized carbons (Fsp3) is 0.714. The van der Waals surface area contributed by atoms with E-state index < -0.39 is 0 Å². The monoisotopic (exact) mass is 280 g/mol. The normalized spacial score (nSPS) is 19.4. The van der Waals surface area contributed by atoms with Crippen molar-refractivity contribution in [1.29, 1.82) is 0 Å². The lowest BCUT2D eigenvalue weighted by atomic mass is 9.96. The number of thiazole rings is 1. The van der Waals surface area contributed by atoms with Crippen molar-refractivity contribution in [2.24, 2.45) is 10.7 Å². The number of nitrogens with two attached hydrogens (primary N) is 1. The second-order valence-electron chi connectivity index (χ2n) is 5.19. The summed E-state index contributed by atoms with van der Waals surface area (Å²) >= 11 is 1.74. The Bertz CT molecular complexity index is 421. The molecule has 1 heterocycles. The van der Waals surface area contributed by atoms with E-state index in [2.05, 4.69) is 29.1 Å². The molecule has 106 valence electrons. The molecule has 1 atom stereocenters. The number of hydrogen-bond donors (Lipinski definition) is 2. The molecule has 1 aliphatic carbocycles. The van der Waals surface area contributed by atoms with Gasteiger partial charge in [0.05, 0.1) is 12.1 Å². The highest BCUT2D eigenvalue weighted by Crippen LogP contribution is 2.21. The smallest absolute Gasteiger partial charge is 0.189 e. The van der Waals surface area contributed by atoms with E-state index in [1.54, 1.807) is 11.3 Å². The van der Waals surface area contributed by atoms with Crippen LogP contribution >= 0.6 is 11.3 Å². The Kier molecular flexibility index (Phi) is 5.19. The average Bonchev–Trinajstić information content (AvgIpc) is 2.88. The first kappa shape index (κ1) is 14.3. The highest BCUT2D eigenvalue weighted by atomic mass is 32.1. The first-order chi connectivity index (χ1) is 9.19. The molecule has 0 saturated heterocycles.